The smallest absolute Gasteiger partial charge is 0.259 e. The Morgan fingerprint density at radius 3 is 3.08 bits per heavy atom. The van der Waals surface area contributed by atoms with Crippen molar-refractivity contribution in [2.24, 2.45) is 28.8 Å². The lowest BCUT2D eigenvalue weighted by Gasteiger charge is -2.25. The number of methoxy groups -OCH3 is 1. The third kappa shape index (κ3) is 2.87. The molecule has 0 radical (unpaired) electrons. The largest absolute Gasteiger partial charge is 0.497 e. The molecule has 0 aliphatic heterocycles. The fourth-order valence-corrected chi connectivity index (χ4v) is 5.03. The molecule has 4 rings (SSSR count). The van der Waals surface area contributed by atoms with Gasteiger partial charge in [0, 0.05) is 23.4 Å². The molecule has 1 aromatic carbocycles. The highest BCUT2D eigenvalue weighted by molar-refractivity contribution is 5.92. The van der Waals surface area contributed by atoms with Gasteiger partial charge in [0.25, 0.3) is 5.91 Å². The van der Waals surface area contributed by atoms with E-state index < -0.39 is 0 Å². The van der Waals surface area contributed by atoms with Gasteiger partial charge in [0.2, 0.25) is 0 Å². The maximum atomic E-state index is 12.0. The molecule has 1 amide bonds. The van der Waals surface area contributed by atoms with Crippen LogP contribution in [0.5, 0.6) is 5.75 Å². The van der Waals surface area contributed by atoms with Gasteiger partial charge in [0.15, 0.2) is 0 Å². The lowest BCUT2D eigenvalue weighted by Crippen LogP contribution is -2.30. The zero-order valence-electron chi connectivity index (χ0n) is 14.1. The standard InChI is InChI=1S/C19H25N3O2/c1-24-14-5-2-4-13(10-14)20-11-19(23)22-21-18-9-12-8-17(18)16-7-3-6-15(12)16/h2,4-5,10,12,15-17,20H,3,6-9,11H2,1H3,(H,22,23)/b21-18+. The molecule has 1 aromatic rings. The molecule has 0 aromatic heterocycles. The van der Waals surface area contributed by atoms with Crippen LogP contribution in [-0.4, -0.2) is 25.3 Å². The van der Waals surface area contributed by atoms with Gasteiger partial charge in [-0.05, 0) is 55.6 Å². The van der Waals surface area contributed by atoms with E-state index >= 15 is 0 Å². The molecule has 24 heavy (non-hydrogen) atoms. The number of carbonyl (C=O) groups excluding carboxylic acids is 1. The fraction of sp³-hybridized carbons (Fsp3) is 0.579. The Bertz CT molecular complexity index is 658. The molecule has 4 atom stereocenters. The Morgan fingerprint density at radius 2 is 2.21 bits per heavy atom. The van der Waals surface area contributed by atoms with Gasteiger partial charge in [0.1, 0.15) is 5.75 Å². The highest BCUT2D eigenvalue weighted by atomic mass is 16.5. The average Bonchev–Trinajstić information content (AvgIpc) is 3.31. The number of benzene rings is 1. The number of hydrazone groups is 1. The van der Waals surface area contributed by atoms with Gasteiger partial charge in [-0.2, -0.15) is 5.10 Å². The lowest BCUT2D eigenvalue weighted by molar-refractivity contribution is -0.119. The topological polar surface area (TPSA) is 62.7 Å². The molecular weight excluding hydrogens is 302 g/mol. The van der Waals surface area contributed by atoms with Crippen LogP contribution in [0, 0.1) is 23.7 Å². The second kappa shape index (κ2) is 6.46. The summed E-state index contributed by atoms with van der Waals surface area (Å²) in [6, 6.07) is 7.56. The third-order valence-corrected chi connectivity index (χ3v) is 6.05. The van der Waals surface area contributed by atoms with Crippen molar-refractivity contribution in [3.8, 4) is 5.75 Å². The molecule has 2 bridgehead atoms. The Kier molecular flexibility index (Phi) is 4.17. The SMILES string of the molecule is COc1cccc(NCC(=O)N/N=C2\CC3CC2C2CCCC32)c1. The predicted octanol–water partition coefficient (Wildman–Crippen LogP) is 3.04. The molecule has 3 saturated carbocycles. The van der Waals surface area contributed by atoms with Crippen molar-refractivity contribution in [1.29, 1.82) is 0 Å². The van der Waals surface area contributed by atoms with Crippen molar-refractivity contribution in [2.75, 3.05) is 19.0 Å². The number of nitrogens with zero attached hydrogens (tertiary/aromatic N) is 1. The number of nitrogens with one attached hydrogen (secondary N) is 2. The average molecular weight is 327 g/mol. The summed E-state index contributed by atoms with van der Waals surface area (Å²) in [6.07, 6.45) is 6.54. The van der Waals surface area contributed by atoms with E-state index in [1.807, 2.05) is 24.3 Å². The van der Waals surface area contributed by atoms with Gasteiger partial charge in [0.05, 0.1) is 13.7 Å². The first-order valence-corrected chi connectivity index (χ1v) is 8.98. The molecular formula is C19H25N3O2. The van der Waals surface area contributed by atoms with Crippen molar-refractivity contribution in [1.82, 2.24) is 5.43 Å². The van der Waals surface area contributed by atoms with E-state index in [1.54, 1.807) is 7.11 Å². The van der Waals surface area contributed by atoms with Crippen molar-refractivity contribution in [2.45, 2.75) is 32.1 Å². The van der Waals surface area contributed by atoms with E-state index in [1.165, 1.54) is 31.4 Å². The Balaban J connectivity index is 1.29. The molecule has 3 fully saturated rings. The monoisotopic (exact) mass is 327 g/mol. The molecule has 3 aliphatic rings. The van der Waals surface area contributed by atoms with Crippen LogP contribution in [0.15, 0.2) is 29.4 Å². The first-order chi connectivity index (χ1) is 11.7. The van der Waals surface area contributed by atoms with Crippen LogP contribution in [0.25, 0.3) is 0 Å². The molecule has 128 valence electrons. The number of fused-ring (bicyclic) bond motifs is 5. The van der Waals surface area contributed by atoms with E-state index in [-0.39, 0.29) is 12.5 Å². The first-order valence-electron chi connectivity index (χ1n) is 8.98. The van der Waals surface area contributed by atoms with Crippen molar-refractivity contribution < 1.29 is 9.53 Å². The van der Waals surface area contributed by atoms with Crippen LogP contribution in [-0.2, 0) is 4.79 Å². The molecule has 3 aliphatic carbocycles. The normalized spacial score (nSPS) is 32.0. The summed E-state index contributed by atoms with van der Waals surface area (Å²) in [7, 11) is 1.63. The van der Waals surface area contributed by atoms with Gasteiger partial charge in [-0.1, -0.05) is 12.5 Å². The van der Waals surface area contributed by atoms with Crippen molar-refractivity contribution in [3.63, 3.8) is 0 Å². The van der Waals surface area contributed by atoms with E-state index in [4.69, 9.17) is 4.74 Å². The van der Waals surface area contributed by atoms with Crippen LogP contribution in [0.4, 0.5) is 5.69 Å². The number of rotatable bonds is 5. The minimum Gasteiger partial charge on any atom is -0.497 e. The molecule has 0 spiro atoms. The first kappa shape index (κ1) is 15.5. The van der Waals surface area contributed by atoms with Gasteiger partial charge in [-0.25, -0.2) is 5.43 Å². The molecule has 4 unspecified atom stereocenters. The zero-order valence-corrected chi connectivity index (χ0v) is 14.1. The minimum absolute atomic E-state index is 0.101. The van der Waals surface area contributed by atoms with Crippen LogP contribution in [0.2, 0.25) is 0 Å². The van der Waals surface area contributed by atoms with E-state index in [0.717, 1.165) is 35.6 Å². The Labute approximate surface area is 142 Å². The number of carbonyl (C=O) groups is 1. The summed E-state index contributed by atoms with van der Waals surface area (Å²) in [5, 5.41) is 7.57. The van der Waals surface area contributed by atoms with Gasteiger partial charge in [-0.3, -0.25) is 4.79 Å². The predicted molar refractivity (Wildman–Crippen MR) is 94.1 cm³/mol. The highest BCUT2D eigenvalue weighted by Gasteiger charge is 2.52. The van der Waals surface area contributed by atoms with Crippen LogP contribution < -0.4 is 15.5 Å². The van der Waals surface area contributed by atoms with Gasteiger partial charge < -0.3 is 10.1 Å². The molecule has 0 saturated heterocycles. The fourth-order valence-electron chi connectivity index (χ4n) is 5.03. The molecule has 5 nitrogen and oxygen atoms in total. The number of amides is 1. The summed E-state index contributed by atoms with van der Waals surface area (Å²) >= 11 is 0. The van der Waals surface area contributed by atoms with Crippen molar-refractivity contribution in [3.05, 3.63) is 24.3 Å². The minimum atomic E-state index is -0.101. The molecule has 5 heteroatoms. The Morgan fingerprint density at radius 1 is 1.33 bits per heavy atom. The maximum Gasteiger partial charge on any atom is 0.259 e. The maximum absolute atomic E-state index is 12.0. The van der Waals surface area contributed by atoms with E-state index in [2.05, 4.69) is 15.8 Å². The number of hydrogen-bond donors (Lipinski definition) is 2. The van der Waals surface area contributed by atoms with Gasteiger partial charge >= 0.3 is 0 Å². The molecule has 0 heterocycles. The number of hydrogen-bond acceptors (Lipinski definition) is 4. The van der Waals surface area contributed by atoms with E-state index in [0.29, 0.717) is 5.92 Å². The third-order valence-electron chi connectivity index (χ3n) is 6.05. The molecule has 2 N–H and O–H groups in total. The van der Waals surface area contributed by atoms with Crippen LogP contribution >= 0.6 is 0 Å². The number of ether oxygens (including phenoxy) is 1. The summed E-state index contributed by atoms with van der Waals surface area (Å²) < 4.78 is 5.18. The van der Waals surface area contributed by atoms with Gasteiger partial charge in [-0.15, -0.1) is 0 Å². The quantitative estimate of drug-likeness (QED) is 0.817. The summed E-state index contributed by atoms with van der Waals surface area (Å²) in [4.78, 5) is 12.0. The van der Waals surface area contributed by atoms with E-state index in [9.17, 15) is 4.79 Å². The highest BCUT2D eigenvalue weighted by Crippen LogP contribution is 2.57. The summed E-state index contributed by atoms with van der Waals surface area (Å²) in [5.74, 6) is 3.92. The second-order valence-corrected chi connectivity index (χ2v) is 7.29. The van der Waals surface area contributed by atoms with Crippen molar-refractivity contribution >= 4 is 17.3 Å². The Hall–Kier alpha value is -2.04. The van der Waals surface area contributed by atoms with Crippen LogP contribution in [0.1, 0.15) is 32.1 Å². The summed E-state index contributed by atoms with van der Waals surface area (Å²) in [5.41, 5.74) is 4.84. The second-order valence-electron chi connectivity index (χ2n) is 7.29. The summed E-state index contributed by atoms with van der Waals surface area (Å²) in [6.45, 7) is 0.212. The number of anilines is 1. The van der Waals surface area contributed by atoms with Crippen LogP contribution in [0.3, 0.4) is 0 Å². The lowest BCUT2D eigenvalue weighted by atomic mass is 9.81. The zero-order chi connectivity index (χ0) is 16.5.